The van der Waals surface area contributed by atoms with Crippen LogP contribution in [0.2, 0.25) is 0 Å². The number of benzene rings is 2. The zero-order valence-corrected chi connectivity index (χ0v) is 23.8. The van der Waals surface area contributed by atoms with Crippen LogP contribution in [0.15, 0.2) is 42.5 Å². The molecule has 2 aromatic heterocycles. The number of thiazole rings is 1. The smallest absolute Gasteiger partial charge is 0.324 e. The molecule has 1 aliphatic carbocycles. The maximum absolute atomic E-state index is 10.1. The van der Waals surface area contributed by atoms with Crippen molar-refractivity contribution >= 4 is 27.4 Å². The van der Waals surface area contributed by atoms with Gasteiger partial charge in [-0.05, 0) is 39.3 Å². The maximum atomic E-state index is 10.1. The standard InChI is InChI=1S/C29H32N4O6S/c1-15-23(27-32-20-8-6-7-9-22(20)40-27)26(31-21-10-16(14-34)24-25(21)39-29(2,3)38-24)33-28(30-15)37-19-12-17(35-4)11-18(13-19)36-5/h6-9,11-13,16,21,24-25,34H,10,14H2,1-5H3,(H,30,31,33)/t16-,21?,24-,25+/m1/s1. The fraction of sp³-hybridized carbons (Fsp3) is 0.414. The normalized spacial score (nSPS) is 23.2. The number of aliphatic hydroxyl groups excluding tert-OH is 1. The molecule has 2 aliphatic rings. The van der Waals surface area contributed by atoms with Crippen LogP contribution in [0.4, 0.5) is 5.82 Å². The summed E-state index contributed by atoms with van der Waals surface area (Å²) in [4.78, 5) is 14.4. The number of aryl methyl sites for hydroxylation is 1. The minimum absolute atomic E-state index is 0.0123. The third-order valence-electron chi connectivity index (χ3n) is 7.25. The van der Waals surface area contributed by atoms with Crippen LogP contribution in [0.5, 0.6) is 23.3 Å². The van der Waals surface area contributed by atoms with Crippen molar-refractivity contribution < 1.29 is 28.8 Å². The number of fused-ring (bicyclic) bond motifs is 2. The number of nitrogens with zero attached hydrogens (tertiary/aromatic N) is 3. The summed E-state index contributed by atoms with van der Waals surface area (Å²) >= 11 is 1.58. The largest absolute Gasteiger partial charge is 0.496 e. The molecule has 3 heterocycles. The highest BCUT2D eigenvalue weighted by atomic mass is 32.1. The van der Waals surface area contributed by atoms with E-state index >= 15 is 0 Å². The number of para-hydroxylation sites is 1. The van der Waals surface area contributed by atoms with E-state index in [1.807, 2.05) is 45.0 Å². The van der Waals surface area contributed by atoms with Gasteiger partial charge in [0.2, 0.25) is 0 Å². The average molecular weight is 565 g/mol. The Balaban J connectivity index is 1.41. The molecule has 1 saturated carbocycles. The molecule has 4 aromatic rings. The van der Waals surface area contributed by atoms with Gasteiger partial charge < -0.3 is 34.1 Å². The molecule has 0 bridgehead atoms. The second-order valence-corrected chi connectivity index (χ2v) is 11.5. The summed E-state index contributed by atoms with van der Waals surface area (Å²) < 4.78 is 30.4. The van der Waals surface area contributed by atoms with E-state index in [2.05, 4.69) is 5.32 Å². The summed E-state index contributed by atoms with van der Waals surface area (Å²) in [7, 11) is 3.16. The number of aliphatic hydroxyl groups is 1. The van der Waals surface area contributed by atoms with Gasteiger partial charge in [-0.25, -0.2) is 4.98 Å². The first-order valence-corrected chi connectivity index (χ1v) is 14.0. The predicted octanol–water partition coefficient (Wildman–Crippen LogP) is 5.18. The van der Waals surface area contributed by atoms with Crippen molar-refractivity contribution in [3.05, 3.63) is 48.2 Å². The third kappa shape index (κ3) is 5.05. The predicted molar refractivity (Wildman–Crippen MR) is 151 cm³/mol. The Morgan fingerprint density at radius 1 is 1.00 bits per heavy atom. The Bertz CT molecular complexity index is 1490. The highest BCUT2D eigenvalue weighted by Gasteiger charge is 2.54. The minimum atomic E-state index is -0.736. The first kappa shape index (κ1) is 26.7. The van der Waals surface area contributed by atoms with Gasteiger partial charge in [0.15, 0.2) is 5.79 Å². The topological polar surface area (TPSA) is 117 Å². The molecule has 1 aliphatic heterocycles. The molecule has 210 valence electrons. The lowest BCUT2D eigenvalue weighted by molar-refractivity contribution is -0.158. The lowest BCUT2D eigenvalue weighted by Gasteiger charge is -2.24. The van der Waals surface area contributed by atoms with E-state index in [1.165, 1.54) is 0 Å². The molecule has 0 spiro atoms. The second-order valence-electron chi connectivity index (χ2n) is 10.4. The summed E-state index contributed by atoms with van der Waals surface area (Å²) in [5, 5.41) is 14.5. The van der Waals surface area contributed by atoms with E-state index in [0.29, 0.717) is 35.2 Å². The van der Waals surface area contributed by atoms with Gasteiger partial charge in [0.25, 0.3) is 0 Å². The van der Waals surface area contributed by atoms with Gasteiger partial charge in [0.1, 0.15) is 34.2 Å². The van der Waals surface area contributed by atoms with E-state index in [4.69, 9.17) is 38.6 Å². The van der Waals surface area contributed by atoms with Crippen LogP contribution in [-0.4, -0.2) is 64.9 Å². The second kappa shape index (κ2) is 10.5. The van der Waals surface area contributed by atoms with E-state index in [0.717, 1.165) is 20.8 Å². The number of ether oxygens (including phenoxy) is 5. The fourth-order valence-corrected chi connectivity index (χ4v) is 6.52. The first-order valence-electron chi connectivity index (χ1n) is 13.2. The highest BCUT2D eigenvalue weighted by Crippen LogP contribution is 2.44. The molecule has 11 heteroatoms. The Hall–Kier alpha value is -3.51. The van der Waals surface area contributed by atoms with Crippen molar-refractivity contribution in [2.45, 2.75) is 51.2 Å². The average Bonchev–Trinajstić information content (AvgIpc) is 3.58. The fourth-order valence-electron chi connectivity index (χ4n) is 5.46. The number of nitrogens with one attached hydrogen (secondary N) is 1. The summed E-state index contributed by atoms with van der Waals surface area (Å²) in [6.07, 6.45) is 0.192. The SMILES string of the molecule is COc1cc(OC)cc(Oc2nc(C)c(-c3nc4ccccc4s3)c(NC3C[C@H](CO)[C@H]4OC(C)(C)O[C@@H]34)n2)c1. The van der Waals surface area contributed by atoms with Crippen LogP contribution in [0.1, 0.15) is 26.0 Å². The lowest BCUT2D eigenvalue weighted by Crippen LogP contribution is -2.35. The number of rotatable bonds is 8. The van der Waals surface area contributed by atoms with Gasteiger partial charge >= 0.3 is 6.01 Å². The molecule has 2 fully saturated rings. The summed E-state index contributed by atoms with van der Waals surface area (Å²) in [5.41, 5.74) is 2.41. The molecule has 10 nitrogen and oxygen atoms in total. The van der Waals surface area contributed by atoms with Crippen molar-refractivity contribution in [2.75, 3.05) is 26.1 Å². The van der Waals surface area contributed by atoms with Crippen molar-refractivity contribution in [3.63, 3.8) is 0 Å². The number of methoxy groups -OCH3 is 2. The Morgan fingerprint density at radius 3 is 2.40 bits per heavy atom. The van der Waals surface area contributed by atoms with Crippen molar-refractivity contribution in [3.8, 4) is 33.8 Å². The monoisotopic (exact) mass is 564 g/mol. The van der Waals surface area contributed by atoms with Gasteiger partial charge in [-0.2, -0.15) is 9.97 Å². The quantitative estimate of drug-likeness (QED) is 0.296. The molecule has 1 saturated heterocycles. The first-order chi connectivity index (χ1) is 19.3. The Kier molecular flexibility index (Phi) is 6.99. The van der Waals surface area contributed by atoms with Crippen LogP contribution >= 0.6 is 11.3 Å². The highest BCUT2D eigenvalue weighted by molar-refractivity contribution is 7.21. The number of anilines is 1. The summed E-state index contributed by atoms with van der Waals surface area (Å²) in [6.45, 7) is 5.72. The van der Waals surface area contributed by atoms with E-state index < -0.39 is 5.79 Å². The van der Waals surface area contributed by atoms with Crippen LogP contribution in [0.25, 0.3) is 20.8 Å². The molecular weight excluding hydrogens is 532 g/mol. The molecule has 6 rings (SSSR count). The number of aromatic nitrogens is 3. The van der Waals surface area contributed by atoms with Crippen LogP contribution in [-0.2, 0) is 9.47 Å². The number of hydrogen-bond acceptors (Lipinski definition) is 11. The van der Waals surface area contributed by atoms with Crippen LogP contribution < -0.4 is 19.5 Å². The van der Waals surface area contributed by atoms with E-state index in [9.17, 15) is 5.11 Å². The lowest BCUT2D eigenvalue weighted by atomic mass is 10.1. The van der Waals surface area contributed by atoms with E-state index in [1.54, 1.807) is 43.8 Å². The molecule has 4 atom stereocenters. The van der Waals surface area contributed by atoms with Crippen molar-refractivity contribution in [1.29, 1.82) is 0 Å². The maximum Gasteiger partial charge on any atom is 0.324 e. The minimum Gasteiger partial charge on any atom is -0.496 e. The van der Waals surface area contributed by atoms with Crippen molar-refractivity contribution in [1.82, 2.24) is 15.0 Å². The molecule has 0 amide bonds. The number of hydrogen-bond donors (Lipinski definition) is 2. The van der Waals surface area contributed by atoms with Crippen LogP contribution in [0.3, 0.4) is 0 Å². The molecule has 40 heavy (non-hydrogen) atoms. The van der Waals surface area contributed by atoms with Gasteiger partial charge in [-0.3, -0.25) is 0 Å². The van der Waals surface area contributed by atoms with E-state index in [-0.39, 0.29) is 36.8 Å². The van der Waals surface area contributed by atoms with Gasteiger partial charge in [-0.15, -0.1) is 11.3 Å². The molecule has 2 aromatic carbocycles. The Labute approximate surface area is 236 Å². The zero-order chi connectivity index (χ0) is 28.0. The molecular formula is C29H32N4O6S. The Morgan fingerprint density at radius 2 is 1.70 bits per heavy atom. The zero-order valence-electron chi connectivity index (χ0n) is 23.0. The molecule has 1 unspecified atom stereocenters. The van der Waals surface area contributed by atoms with Gasteiger partial charge in [-0.1, -0.05) is 12.1 Å². The molecule has 0 radical (unpaired) electrons. The summed E-state index contributed by atoms with van der Waals surface area (Å²) in [5.74, 6) is 1.43. The van der Waals surface area contributed by atoms with Gasteiger partial charge in [0, 0.05) is 30.7 Å². The summed E-state index contributed by atoms with van der Waals surface area (Å²) in [6, 6.07) is 13.3. The molecule has 2 N–H and O–H groups in total. The van der Waals surface area contributed by atoms with Gasteiger partial charge in [0.05, 0.1) is 47.8 Å². The van der Waals surface area contributed by atoms with Crippen LogP contribution in [0, 0.1) is 12.8 Å². The van der Waals surface area contributed by atoms with Crippen molar-refractivity contribution in [2.24, 2.45) is 5.92 Å². The third-order valence-corrected chi connectivity index (χ3v) is 8.30.